The maximum atomic E-state index is 13.3. The number of rotatable bonds is 12. The van der Waals surface area contributed by atoms with Crippen LogP contribution in [0, 0.1) is 19.8 Å². The first-order valence-electron chi connectivity index (χ1n) is 12.5. The Morgan fingerprint density at radius 2 is 1.69 bits per heavy atom. The lowest BCUT2D eigenvalue weighted by Crippen LogP contribution is -2.54. The Morgan fingerprint density at radius 3 is 2.28 bits per heavy atom. The second kappa shape index (κ2) is 13.4. The minimum atomic E-state index is -1.21. The van der Waals surface area contributed by atoms with E-state index in [-0.39, 0.29) is 31.6 Å². The number of nitrogens with zero attached hydrogens (tertiary/aromatic N) is 2. The molecule has 2 N–H and O–H groups in total. The van der Waals surface area contributed by atoms with Gasteiger partial charge in [0, 0.05) is 12.6 Å². The monoisotopic (exact) mass is 501 g/mol. The molecule has 36 heavy (non-hydrogen) atoms. The van der Waals surface area contributed by atoms with Crippen molar-refractivity contribution in [2.75, 3.05) is 13.2 Å². The predicted octanol–water partition coefficient (Wildman–Crippen LogP) is 2.63. The van der Waals surface area contributed by atoms with Gasteiger partial charge in [0.15, 0.2) is 1.41 Å². The molecule has 0 spiro atoms. The number of aryl methyl sites for hydroxylation is 2. The standard InChI is InChI=1S/C26H36N4O6/c1-7-35-22(31)14-13-21(26(34)36-8-2)27-25(33)23(16(3)4)28-24(32)20-15-30(29-18(20)6)19-11-9-17(5)10-12-19/h9-12,15-16,21,23H,7-8,13-14H2,1-6H3,(H,27,33)(H,28,32)/t21-,23-/m0/s1/i/hD. The molecular formula is C26H36N4O6. The van der Waals surface area contributed by atoms with Crippen LogP contribution in [0.2, 0.25) is 1.41 Å². The van der Waals surface area contributed by atoms with Crippen molar-refractivity contribution in [3.63, 3.8) is 0 Å². The smallest absolute Gasteiger partial charge is 0.328 e. The molecule has 0 unspecified atom stereocenters. The minimum Gasteiger partial charge on any atom is -0.466 e. The largest absolute Gasteiger partial charge is 0.466 e. The number of nitrogens with one attached hydrogen (secondary N) is 2. The van der Waals surface area contributed by atoms with Gasteiger partial charge in [-0.2, -0.15) is 5.10 Å². The van der Waals surface area contributed by atoms with E-state index < -0.39 is 41.8 Å². The lowest BCUT2D eigenvalue weighted by atomic mass is 10.0. The Morgan fingerprint density at radius 1 is 1.06 bits per heavy atom. The zero-order valence-corrected chi connectivity index (χ0v) is 21.7. The van der Waals surface area contributed by atoms with Crippen molar-refractivity contribution in [2.24, 2.45) is 5.92 Å². The van der Waals surface area contributed by atoms with E-state index in [1.807, 2.05) is 31.2 Å². The second-order valence-corrected chi connectivity index (χ2v) is 8.69. The third kappa shape index (κ3) is 7.93. The van der Waals surface area contributed by atoms with Gasteiger partial charge in [0.05, 0.1) is 30.2 Å². The van der Waals surface area contributed by atoms with Gasteiger partial charge in [-0.3, -0.25) is 14.4 Å². The molecule has 0 aliphatic heterocycles. The summed E-state index contributed by atoms with van der Waals surface area (Å²) >= 11 is 0. The third-order valence-electron chi connectivity index (χ3n) is 5.41. The van der Waals surface area contributed by atoms with Crippen LogP contribution in [-0.2, 0) is 23.9 Å². The minimum absolute atomic E-state index is 0.0391. The molecule has 0 aliphatic carbocycles. The number of aromatic nitrogens is 2. The van der Waals surface area contributed by atoms with Crippen LogP contribution in [0.5, 0.6) is 0 Å². The lowest BCUT2D eigenvalue weighted by molar-refractivity contribution is -0.149. The molecule has 0 bridgehead atoms. The zero-order chi connectivity index (χ0) is 27.7. The van der Waals surface area contributed by atoms with Gasteiger partial charge < -0.3 is 20.1 Å². The molecule has 1 heterocycles. The number of ether oxygens (including phenoxy) is 2. The summed E-state index contributed by atoms with van der Waals surface area (Å²) in [6.45, 7) is 10.6. The molecule has 0 aliphatic rings. The van der Waals surface area contributed by atoms with E-state index in [4.69, 9.17) is 10.9 Å². The van der Waals surface area contributed by atoms with Crippen molar-refractivity contribution >= 4 is 23.8 Å². The Hall–Kier alpha value is -3.69. The first-order chi connectivity index (χ1) is 17.5. The van der Waals surface area contributed by atoms with E-state index in [0.717, 1.165) is 11.3 Å². The first-order valence-corrected chi connectivity index (χ1v) is 12.1. The summed E-state index contributed by atoms with van der Waals surface area (Å²) in [4.78, 5) is 50.7. The topological polar surface area (TPSA) is 129 Å². The first kappa shape index (κ1) is 26.9. The number of hydrogen-bond acceptors (Lipinski definition) is 7. The predicted molar refractivity (Wildman–Crippen MR) is 134 cm³/mol. The molecule has 0 saturated heterocycles. The van der Waals surface area contributed by atoms with Crippen molar-refractivity contribution in [2.45, 2.75) is 66.5 Å². The summed E-state index contributed by atoms with van der Waals surface area (Å²) in [6.07, 6.45) is 1.38. The number of esters is 2. The molecule has 2 rings (SSSR count). The highest BCUT2D eigenvalue weighted by molar-refractivity contribution is 5.99. The fourth-order valence-electron chi connectivity index (χ4n) is 3.45. The van der Waals surface area contributed by atoms with Crippen LogP contribution in [-0.4, -0.2) is 58.8 Å². The molecule has 1 aromatic heterocycles. The van der Waals surface area contributed by atoms with E-state index in [1.54, 1.807) is 39.3 Å². The maximum Gasteiger partial charge on any atom is 0.328 e. The van der Waals surface area contributed by atoms with Gasteiger partial charge >= 0.3 is 11.9 Å². The van der Waals surface area contributed by atoms with Crippen LogP contribution in [0.3, 0.4) is 0 Å². The highest BCUT2D eigenvalue weighted by Gasteiger charge is 2.30. The molecule has 10 heteroatoms. The summed E-state index contributed by atoms with van der Waals surface area (Å²) in [6, 6.07) is 5.23. The fraction of sp³-hybridized carbons (Fsp3) is 0.500. The molecule has 196 valence electrons. The van der Waals surface area contributed by atoms with Crippen molar-refractivity contribution in [3.8, 4) is 5.69 Å². The van der Waals surface area contributed by atoms with E-state index in [2.05, 4.69) is 10.4 Å². The molecule has 0 saturated carbocycles. The van der Waals surface area contributed by atoms with Gasteiger partial charge in [-0.15, -0.1) is 0 Å². The Kier molecular flexibility index (Phi) is 10.0. The zero-order valence-electron chi connectivity index (χ0n) is 22.7. The quantitative estimate of drug-likeness (QED) is 0.428. The van der Waals surface area contributed by atoms with Gasteiger partial charge in [0.25, 0.3) is 5.91 Å². The van der Waals surface area contributed by atoms with Gasteiger partial charge in [0.2, 0.25) is 5.91 Å². The maximum absolute atomic E-state index is 13.3. The summed E-state index contributed by atoms with van der Waals surface area (Å²) < 4.78 is 20.0. The number of hydrogen-bond donors (Lipinski definition) is 2. The number of benzene rings is 1. The van der Waals surface area contributed by atoms with E-state index in [9.17, 15) is 19.2 Å². The average molecular weight is 502 g/mol. The normalized spacial score (nSPS) is 12.9. The number of amides is 2. The lowest BCUT2D eigenvalue weighted by Gasteiger charge is -2.24. The molecule has 2 atom stereocenters. The van der Waals surface area contributed by atoms with Crippen molar-refractivity contribution in [3.05, 3.63) is 47.3 Å². The Balaban J connectivity index is 2.23. The van der Waals surface area contributed by atoms with Crippen molar-refractivity contribution < 1.29 is 30.1 Å². The van der Waals surface area contributed by atoms with Gasteiger partial charge in [-0.05, 0) is 52.2 Å². The van der Waals surface area contributed by atoms with Crippen LogP contribution in [0.4, 0.5) is 0 Å². The summed E-state index contributed by atoms with van der Waals surface area (Å²) in [5, 5.41) is 7.56. The molecule has 1 aromatic carbocycles. The van der Waals surface area contributed by atoms with E-state index in [1.165, 1.54) is 6.20 Å². The fourth-order valence-corrected chi connectivity index (χ4v) is 3.45. The van der Waals surface area contributed by atoms with Gasteiger partial charge in [-0.25, -0.2) is 9.48 Å². The summed E-state index contributed by atoms with van der Waals surface area (Å²) in [5.74, 6) is -3.08. The van der Waals surface area contributed by atoms with E-state index >= 15 is 0 Å². The van der Waals surface area contributed by atoms with Crippen molar-refractivity contribution in [1.82, 2.24) is 20.4 Å². The second-order valence-electron chi connectivity index (χ2n) is 8.69. The van der Waals surface area contributed by atoms with Crippen LogP contribution in [0.15, 0.2) is 30.5 Å². The van der Waals surface area contributed by atoms with Crippen molar-refractivity contribution in [1.29, 1.82) is 0 Å². The Bertz CT molecular complexity index is 1100. The molecule has 2 amide bonds. The average Bonchev–Trinajstić information content (AvgIpc) is 3.23. The molecule has 0 fully saturated rings. The van der Waals surface area contributed by atoms with Crippen LogP contribution in [0.1, 0.15) is 62.2 Å². The highest BCUT2D eigenvalue weighted by Crippen LogP contribution is 2.14. The van der Waals surface area contributed by atoms with Crippen LogP contribution >= 0.6 is 0 Å². The Labute approximate surface area is 213 Å². The SMILES string of the molecule is [2H]N(C(=O)c1cn(-c2ccc(C)cc2)nc1C)[C@H](C(=O)N[C@@H](CCC(=O)OCC)C(=O)OCC)C(C)C. The van der Waals surface area contributed by atoms with E-state index in [0.29, 0.717) is 11.0 Å². The number of carbonyl (C=O) groups excluding carboxylic acids is 4. The molecular weight excluding hydrogens is 464 g/mol. The number of carbonyl (C=O) groups is 4. The van der Waals surface area contributed by atoms with Crippen LogP contribution in [0.25, 0.3) is 5.69 Å². The molecule has 10 nitrogen and oxygen atoms in total. The van der Waals surface area contributed by atoms with Gasteiger partial charge in [0.1, 0.15) is 12.1 Å². The highest BCUT2D eigenvalue weighted by atomic mass is 16.5. The molecule has 2 aromatic rings. The van der Waals surface area contributed by atoms with Crippen LogP contribution < -0.4 is 10.6 Å². The summed E-state index contributed by atoms with van der Waals surface area (Å²) in [7, 11) is 0. The third-order valence-corrected chi connectivity index (χ3v) is 5.41. The van der Waals surface area contributed by atoms with Gasteiger partial charge in [-0.1, -0.05) is 31.5 Å². The molecule has 0 radical (unpaired) electrons. The summed E-state index contributed by atoms with van der Waals surface area (Å²) in [5.41, 5.74) is 2.42.